The van der Waals surface area contributed by atoms with Gasteiger partial charge in [-0.15, -0.1) is 0 Å². The van der Waals surface area contributed by atoms with Gasteiger partial charge in [0.05, 0.1) is 13.1 Å². The van der Waals surface area contributed by atoms with Crippen molar-refractivity contribution in [3.63, 3.8) is 0 Å². The summed E-state index contributed by atoms with van der Waals surface area (Å²) in [5.41, 5.74) is 10.4. The topological polar surface area (TPSA) is 92.7 Å². The maximum Gasteiger partial charge on any atom is 0.236 e. The second-order valence-corrected chi connectivity index (χ2v) is 3.39. The third-order valence-electron chi connectivity index (χ3n) is 2.19. The van der Waals surface area contributed by atoms with Crippen LogP contribution in [-0.2, 0) is 9.59 Å². The zero-order chi connectivity index (χ0) is 11.8. The van der Waals surface area contributed by atoms with Gasteiger partial charge in [-0.3, -0.25) is 9.59 Å². The lowest BCUT2D eigenvalue weighted by Crippen LogP contribution is -2.37. The summed E-state index contributed by atoms with van der Waals surface area (Å²) < 4.78 is 0. The van der Waals surface area contributed by atoms with Gasteiger partial charge < -0.3 is 21.3 Å². The molecule has 0 atom stereocenters. The third-order valence-corrected chi connectivity index (χ3v) is 2.19. The molecule has 0 radical (unpaired) electrons. The van der Waals surface area contributed by atoms with E-state index in [1.807, 2.05) is 0 Å². The summed E-state index contributed by atoms with van der Waals surface area (Å²) in [5.74, 6) is -0.189. The summed E-state index contributed by atoms with van der Waals surface area (Å²) in [6, 6.07) is 0. The number of rotatable bonds is 6. The van der Waals surface area contributed by atoms with Crippen LogP contribution in [0.2, 0.25) is 0 Å². The first-order chi connectivity index (χ1) is 7.02. The molecule has 0 fully saturated rings. The minimum Gasteiger partial charge on any atom is -0.345 e. The molecule has 6 nitrogen and oxygen atoms in total. The monoisotopic (exact) mass is 216 g/mol. The van der Waals surface area contributed by atoms with Crippen molar-refractivity contribution in [3.8, 4) is 0 Å². The van der Waals surface area contributed by atoms with Crippen molar-refractivity contribution < 1.29 is 9.59 Å². The van der Waals surface area contributed by atoms with Crippen molar-refractivity contribution in [1.29, 1.82) is 0 Å². The molecule has 0 unspecified atom stereocenters. The number of hydrogen-bond donors (Lipinski definition) is 2. The highest BCUT2D eigenvalue weighted by Crippen LogP contribution is 1.91. The molecule has 0 aliphatic carbocycles. The molecule has 2 amide bonds. The molecule has 0 rings (SSSR count). The van der Waals surface area contributed by atoms with Crippen molar-refractivity contribution in [2.45, 2.75) is 6.42 Å². The van der Waals surface area contributed by atoms with Gasteiger partial charge in [-0.05, 0) is 6.42 Å². The highest BCUT2D eigenvalue weighted by molar-refractivity contribution is 5.78. The number of nitrogens with two attached hydrogens (primary N) is 2. The first kappa shape index (κ1) is 13.9. The van der Waals surface area contributed by atoms with Crippen LogP contribution in [0.5, 0.6) is 0 Å². The fourth-order valence-corrected chi connectivity index (χ4v) is 1.11. The Hall–Kier alpha value is -1.14. The highest BCUT2D eigenvalue weighted by Gasteiger charge is 2.08. The molecular weight excluding hydrogens is 196 g/mol. The number of nitrogens with zero attached hydrogens (tertiary/aromatic N) is 2. The lowest BCUT2D eigenvalue weighted by atomic mass is 10.3. The Kier molecular flexibility index (Phi) is 6.64. The van der Waals surface area contributed by atoms with E-state index in [0.29, 0.717) is 13.1 Å². The van der Waals surface area contributed by atoms with Crippen LogP contribution in [0.4, 0.5) is 0 Å². The molecular formula is C9H20N4O2. The minimum absolute atomic E-state index is 0.0219. The summed E-state index contributed by atoms with van der Waals surface area (Å²) in [6.45, 7) is 1.23. The van der Waals surface area contributed by atoms with Crippen molar-refractivity contribution in [2.75, 3.05) is 40.3 Å². The molecule has 0 aromatic rings. The SMILES string of the molecule is CN(CCCN(C)C(=O)CN)C(=O)CN. The Morgan fingerprint density at radius 1 is 0.933 bits per heavy atom. The van der Waals surface area contributed by atoms with E-state index >= 15 is 0 Å². The van der Waals surface area contributed by atoms with Crippen molar-refractivity contribution in [1.82, 2.24) is 9.80 Å². The lowest BCUT2D eigenvalue weighted by molar-refractivity contribution is -0.128. The maximum atomic E-state index is 11.1. The van der Waals surface area contributed by atoms with Crippen molar-refractivity contribution >= 4 is 11.8 Å². The zero-order valence-corrected chi connectivity index (χ0v) is 9.40. The standard InChI is InChI=1S/C9H20N4O2/c1-12(8(14)6-10)4-3-5-13(2)9(15)7-11/h3-7,10-11H2,1-2H3. The third kappa shape index (κ3) is 5.34. The van der Waals surface area contributed by atoms with Gasteiger partial charge in [-0.25, -0.2) is 0 Å². The van der Waals surface area contributed by atoms with E-state index in [0.717, 1.165) is 6.42 Å². The summed E-state index contributed by atoms with van der Waals surface area (Å²) in [7, 11) is 3.39. The number of carbonyl (C=O) groups excluding carboxylic acids is 2. The van der Waals surface area contributed by atoms with Gasteiger partial charge >= 0.3 is 0 Å². The molecule has 0 aliphatic heterocycles. The average molecular weight is 216 g/mol. The quantitative estimate of drug-likeness (QED) is 0.548. The summed E-state index contributed by atoms with van der Waals surface area (Å²) >= 11 is 0. The molecule has 4 N–H and O–H groups in total. The predicted molar refractivity (Wildman–Crippen MR) is 58.0 cm³/mol. The molecule has 0 aromatic heterocycles. The Morgan fingerprint density at radius 2 is 1.27 bits per heavy atom. The largest absolute Gasteiger partial charge is 0.345 e. The number of carbonyl (C=O) groups is 2. The molecule has 0 saturated carbocycles. The van der Waals surface area contributed by atoms with Crippen LogP contribution in [-0.4, -0.2) is 61.9 Å². The van der Waals surface area contributed by atoms with Crippen molar-refractivity contribution in [2.24, 2.45) is 11.5 Å². The normalized spacial score (nSPS) is 9.87. The van der Waals surface area contributed by atoms with E-state index in [-0.39, 0.29) is 24.9 Å². The van der Waals surface area contributed by atoms with Gasteiger partial charge in [0.25, 0.3) is 0 Å². The predicted octanol–water partition coefficient (Wildman–Crippen LogP) is -1.79. The van der Waals surface area contributed by atoms with E-state index < -0.39 is 0 Å². The Morgan fingerprint density at radius 3 is 1.53 bits per heavy atom. The van der Waals surface area contributed by atoms with Gasteiger partial charge in [0.1, 0.15) is 0 Å². The maximum absolute atomic E-state index is 11.1. The van der Waals surface area contributed by atoms with Crippen LogP contribution in [0.1, 0.15) is 6.42 Å². The minimum atomic E-state index is -0.0946. The summed E-state index contributed by atoms with van der Waals surface area (Å²) in [4.78, 5) is 25.3. The van der Waals surface area contributed by atoms with E-state index in [4.69, 9.17) is 11.5 Å². The summed E-state index contributed by atoms with van der Waals surface area (Å²) in [5, 5.41) is 0. The van der Waals surface area contributed by atoms with Crippen LogP contribution in [0.25, 0.3) is 0 Å². The molecule has 0 aromatic carbocycles. The van der Waals surface area contributed by atoms with Crippen LogP contribution in [0, 0.1) is 0 Å². The fourth-order valence-electron chi connectivity index (χ4n) is 1.11. The Balaban J connectivity index is 3.70. The molecule has 6 heteroatoms. The Bertz CT molecular complexity index is 198. The van der Waals surface area contributed by atoms with E-state index in [9.17, 15) is 9.59 Å². The fraction of sp³-hybridized carbons (Fsp3) is 0.778. The highest BCUT2D eigenvalue weighted by atomic mass is 16.2. The summed E-state index contributed by atoms with van der Waals surface area (Å²) in [6.07, 6.45) is 0.727. The first-order valence-corrected chi connectivity index (χ1v) is 4.91. The molecule has 0 aliphatic rings. The molecule has 15 heavy (non-hydrogen) atoms. The number of amides is 2. The molecule has 0 bridgehead atoms. The van der Waals surface area contributed by atoms with Gasteiger partial charge in [0, 0.05) is 27.2 Å². The molecule has 0 spiro atoms. The van der Waals surface area contributed by atoms with E-state index in [1.165, 1.54) is 0 Å². The van der Waals surface area contributed by atoms with Crippen LogP contribution in [0.3, 0.4) is 0 Å². The zero-order valence-electron chi connectivity index (χ0n) is 9.40. The van der Waals surface area contributed by atoms with Gasteiger partial charge in [-0.1, -0.05) is 0 Å². The Labute approximate surface area is 90.2 Å². The van der Waals surface area contributed by atoms with Gasteiger partial charge in [0.15, 0.2) is 0 Å². The van der Waals surface area contributed by atoms with Gasteiger partial charge in [0.2, 0.25) is 11.8 Å². The lowest BCUT2D eigenvalue weighted by Gasteiger charge is -2.19. The van der Waals surface area contributed by atoms with E-state index in [1.54, 1.807) is 23.9 Å². The number of hydrogen-bond acceptors (Lipinski definition) is 4. The molecule has 88 valence electrons. The average Bonchev–Trinajstić information content (AvgIpc) is 2.26. The van der Waals surface area contributed by atoms with Crippen LogP contribution < -0.4 is 11.5 Å². The second kappa shape index (κ2) is 7.19. The molecule has 0 saturated heterocycles. The first-order valence-electron chi connectivity index (χ1n) is 4.91. The molecule has 0 heterocycles. The second-order valence-electron chi connectivity index (χ2n) is 3.39. The van der Waals surface area contributed by atoms with Crippen LogP contribution in [0.15, 0.2) is 0 Å². The van der Waals surface area contributed by atoms with Crippen LogP contribution >= 0.6 is 0 Å². The van der Waals surface area contributed by atoms with Crippen molar-refractivity contribution in [3.05, 3.63) is 0 Å². The van der Waals surface area contributed by atoms with E-state index in [2.05, 4.69) is 0 Å². The smallest absolute Gasteiger partial charge is 0.236 e. The van der Waals surface area contributed by atoms with Gasteiger partial charge in [-0.2, -0.15) is 0 Å². The number of likely N-dealkylation sites (N-methyl/N-ethyl adjacent to an activating group) is 2.